The first kappa shape index (κ1) is 13.1. The summed E-state index contributed by atoms with van der Waals surface area (Å²) >= 11 is 11.3. The van der Waals surface area contributed by atoms with Gasteiger partial charge in [-0.25, -0.2) is 18.1 Å². The number of hydrogen-bond donors (Lipinski definition) is 1. The van der Waals surface area contributed by atoms with E-state index in [0.717, 1.165) is 6.20 Å². The smallest absolute Gasteiger partial charge is 0.314 e. The highest BCUT2D eigenvalue weighted by molar-refractivity contribution is 7.92. The molecule has 0 aliphatic carbocycles. The van der Waals surface area contributed by atoms with Gasteiger partial charge in [-0.15, -0.1) is 0 Å². The topological polar surface area (TPSA) is 98.0 Å². The van der Waals surface area contributed by atoms with E-state index in [2.05, 4.69) is 24.4 Å². The number of anilines is 1. The molecule has 18 heavy (non-hydrogen) atoms. The summed E-state index contributed by atoms with van der Waals surface area (Å²) in [6, 6.07) is 0.932. The molecule has 0 amide bonds. The third-order valence-corrected chi connectivity index (χ3v) is 3.80. The summed E-state index contributed by atoms with van der Waals surface area (Å²) in [4.78, 5) is 7.19. The van der Waals surface area contributed by atoms with Gasteiger partial charge in [0, 0.05) is 6.20 Å². The van der Waals surface area contributed by atoms with Crippen molar-refractivity contribution in [3.05, 3.63) is 28.3 Å². The highest BCUT2D eigenvalue weighted by Crippen LogP contribution is 2.23. The molecule has 0 aliphatic heterocycles. The number of aromatic nitrogens is 3. The van der Waals surface area contributed by atoms with E-state index in [4.69, 9.17) is 23.2 Å². The number of aryl methyl sites for hydroxylation is 1. The Bertz CT molecular complexity index is 685. The Morgan fingerprint density at radius 1 is 1.39 bits per heavy atom. The Kier molecular flexibility index (Phi) is 3.42. The van der Waals surface area contributed by atoms with Crippen LogP contribution in [0.3, 0.4) is 0 Å². The monoisotopic (exact) mass is 308 g/mol. The molecule has 0 aromatic carbocycles. The molecule has 0 saturated carbocycles. The van der Waals surface area contributed by atoms with Crippen LogP contribution in [-0.2, 0) is 10.0 Å². The summed E-state index contributed by atoms with van der Waals surface area (Å²) in [5.74, 6) is 0.306. The second-order valence-corrected chi connectivity index (χ2v) is 5.64. The lowest BCUT2D eigenvalue weighted by molar-refractivity contribution is 0.429. The lowest BCUT2D eigenvalue weighted by Crippen LogP contribution is -2.13. The fraction of sp³-hybridized carbons (Fsp3) is 0.125. The van der Waals surface area contributed by atoms with E-state index < -0.39 is 10.0 Å². The summed E-state index contributed by atoms with van der Waals surface area (Å²) < 4.78 is 30.5. The zero-order valence-electron chi connectivity index (χ0n) is 8.89. The van der Waals surface area contributed by atoms with Crippen molar-refractivity contribution in [1.82, 2.24) is 15.1 Å². The molecular formula is C8H6Cl2N4O3S. The molecule has 1 N–H and O–H groups in total. The number of rotatable bonds is 3. The van der Waals surface area contributed by atoms with Crippen molar-refractivity contribution in [2.45, 2.75) is 11.8 Å². The van der Waals surface area contributed by atoms with Crippen LogP contribution in [0, 0.1) is 6.92 Å². The molecule has 0 atom stereocenters. The highest BCUT2D eigenvalue weighted by atomic mass is 35.5. The predicted molar refractivity (Wildman–Crippen MR) is 64.1 cm³/mol. The van der Waals surface area contributed by atoms with Crippen molar-refractivity contribution in [1.29, 1.82) is 0 Å². The summed E-state index contributed by atoms with van der Waals surface area (Å²) in [6.07, 6.45) is 1.07. The average Bonchev–Trinajstić information content (AvgIpc) is 2.67. The minimum atomic E-state index is -3.89. The summed E-state index contributed by atoms with van der Waals surface area (Å²) in [6.45, 7) is 1.56. The van der Waals surface area contributed by atoms with Gasteiger partial charge in [0.05, 0.1) is 5.02 Å². The normalized spacial score (nSPS) is 11.5. The van der Waals surface area contributed by atoms with E-state index in [0.29, 0.717) is 5.82 Å². The number of sulfonamides is 1. The second-order valence-electron chi connectivity index (χ2n) is 3.20. The Morgan fingerprint density at radius 2 is 2.11 bits per heavy atom. The maximum absolute atomic E-state index is 11.9. The van der Waals surface area contributed by atoms with Gasteiger partial charge in [0.25, 0.3) is 10.0 Å². The van der Waals surface area contributed by atoms with E-state index >= 15 is 0 Å². The minimum absolute atomic E-state index is 0.0178. The molecule has 0 saturated heterocycles. The van der Waals surface area contributed by atoms with Crippen molar-refractivity contribution >= 4 is 39.2 Å². The van der Waals surface area contributed by atoms with Gasteiger partial charge in [-0.3, -0.25) is 0 Å². The number of pyridine rings is 1. The van der Waals surface area contributed by atoms with Gasteiger partial charge < -0.3 is 4.52 Å². The van der Waals surface area contributed by atoms with Crippen LogP contribution in [0.2, 0.25) is 10.2 Å². The third kappa shape index (κ3) is 2.71. The summed E-state index contributed by atoms with van der Waals surface area (Å²) in [5, 5.41) is 3.50. The SMILES string of the molecule is Cc1noc(NS(=O)(=O)c2cnc(Cl)c(Cl)c2)n1. The van der Waals surface area contributed by atoms with Crippen LogP contribution in [0.5, 0.6) is 0 Å². The van der Waals surface area contributed by atoms with E-state index in [1.807, 2.05) is 0 Å². The molecular weight excluding hydrogens is 303 g/mol. The third-order valence-electron chi connectivity index (χ3n) is 1.83. The Labute approximate surface area is 112 Å². The van der Waals surface area contributed by atoms with Gasteiger partial charge in [-0.2, -0.15) is 4.98 Å². The number of halogens is 2. The van der Waals surface area contributed by atoms with Crippen LogP contribution in [0.1, 0.15) is 5.82 Å². The molecule has 0 unspecified atom stereocenters. The zero-order chi connectivity index (χ0) is 13.3. The molecule has 0 aliphatic rings. The van der Waals surface area contributed by atoms with Gasteiger partial charge in [-0.1, -0.05) is 28.4 Å². The average molecular weight is 309 g/mol. The fourth-order valence-corrected chi connectivity index (χ4v) is 2.29. The molecule has 0 fully saturated rings. The van der Waals surface area contributed by atoms with Crippen LogP contribution >= 0.6 is 23.2 Å². The second kappa shape index (κ2) is 4.71. The van der Waals surface area contributed by atoms with E-state index in [1.165, 1.54) is 6.07 Å². The molecule has 96 valence electrons. The molecule has 0 radical (unpaired) electrons. The van der Waals surface area contributed by atoms with Gasteiger partial charge in [0.1, 0.15) is 10.0 Å². The number of hydrogen-bond acceptors (Lipinski definition) is 6. The van der Waals surface area contributed by atoms with Gasteiger partial charge in [0.15, 0.2) is 5.82 Å². The highest BCUT2D eigenvalue weighted by Gasteiger charge is 2.19. The van der Waals surface area contributed by atoms with Gasteiger partial charge in [-0.05, 0) is 13.0 Å². The fourth-order valence-electron chi connectivity index (χ4n) is 1.06. The van der Waals surface area contributed by atoms with Crippen molar-refractivity contribution in [2.24, 2.45) is 0 Å². The molecule has 2 rings (SSSR count). The molecule has 2 aromatic heterocycles. The molecule has 10 heteroatoms. The first-order valence-electron chi connectivity index (χ1n) is 4.52. The first-order chi connectivity index (χ1) is 8.38. The lowest BCUT2D eigenvalue weighted by atomic mass is 10.5. The Balaban J connectivity index is 2.33. The largest absolute Gasteiger partial charge is 0.335 e. The van der Waals surface area contributed by atoms with E-state index in [-0.39, 0.29) is 21.1 Å². The van der Waals surface area contributed by atoms with Crippen molar-refractivity contribution < 1.29 is 12.9 Å². The number of nitrogens with one attached hydrogen (secondary N) is 1. The molecule has 2 aromatic rings. The maximum atomic E-state index is 11.9. The van der Waals surface area contributed by atoms with Crippen molar-refractivity contribution in [2.75, 3.05) is 4.72 Å². The summed E-state index contributed by atoms with van der Waals surface area (Å²) in [7, 11) is -3.89. The molecule has 0 spiro atoms. The molecule has 0 bridgehead atoms. The van der Waals surface area contributed by atoms with Crippen LogP contribution in [0.15, 0.2) is 21.7 Å². The van der Waals surface area contributed by atoms with Gasteiger partial charge in [0.2, 0.25) is 0 Å². The summed E-state index contributed by atoms with van der Waals surface area (Å²) in [5.41, 5.74) is 0. The lowest BCUT2D eigenvalue weighted by Gasteiger charge is -2.04. The van der Waals surface area contributed by atoms with Gasteiger partial charge >= 0.3 is 6.01 Å². The van der Waals surface area contributed by atoms with Crippen LogP contribution < -0.4 is 4.72 Å². The van der Waals surface area contributed by atoms with Crippen LogP contribution in [0.25, 0.3) is 0 Å². The van der Waals surface area contributed by atoms with Crippen LogP contribution in [-0.4, -0.2) is 23.5 Å². The minimum Gasteiger partial charge on any atom is -0.314 e. The van der Waals surface area contributed by atoms with Crippen molar-refractivity contribution in [3.63, 3.8) is 0 Å². The molecule has 2 heterocycles. The standard InChI is InChI=1S/C8H6Cl2N4O3S/c1-4-12-8(17-13-4)14-18(15,16)5-2-6(9)7(10)11-3-5/h2-3H,1H3,(H,12,13,14). The first-order valence-corrected chi connectivity index (χ1v) is 6.76. The van der Waals surface area contributed by atoms with E-state index in [1.54, 1.807) is 6.92 Å². The zero-order valence-corrected chi connectivity index (χ0v) is 11.2. The van der Waals surface area contributed by atoms with E-state index in [9.17, 15) is 8.42 Å². The molecule has 7 nitrogen and oxygen atoms in total. The van der Waals surface area contributed by atoms with Crippen LogP contribution in [0.4, 0.5) is 6.01 Å². The van der Waals surface area contributed by atoms with Crippen molar-refractivity contribution in [3.8, 4) is 0 Å². The number of nitrogens with zero attached hydrogens (tertiary/aromatic N) is 3. The quantitative estimate of drug-likeness (QED) is 0.869. The Hall–Kier alpha value is -1.38. The Morgan fingerprint density at radius 3 is 2.67 bits per heavy atom. The predicted octanol–water partition coefficient (Wildman–Crippen LogP) is 1.88. The maximum Gasteiger partial charge on any atom is 0.335 e.